The van der Waals surface area contributed by atoms with Crippen LogP contribution in [0.5, 0.6) is 0 Å². The van der Waals surface area contributed by atoms with Gasteiger partial charge in [-0.3, -0.25) is 4.99 Å². The fourth-order valence-electron chi connectivity index (χ4n) is 2.86. The zero-order chi connectivity index (χ0) is 18.2. The van der Waals surface area contributed by atoms with E-state index in [2.05, 4.69) is 63.6 Å². The Labute approximate surface area is 179 Å². The maximum absolute atomic E-state index is 4.66. The summed E-state index contributed by atoms with van der Waals surface area (Å²) in [5.41, 5.74) is 1.17. The number of piperazine rings is 1. The molecule has 2 heterocycles. The third-order valence-corrected chi connectivity index (χ3v) is 5.44. The summed E-state index contributed by atoms with van der Waals surface area (Å²) in [4.78, 5) is 13.9. The SMILES string of the molecule is CN=C(NCc1nc(C(C)C)cs1)NCC(C)CN1CCN(C)CC1.I. The molecule has 2 N–H and O–H groups in total. The van der Waals surface area contributed by atoms with Crippen molar-refractivity contribution in [2.24, 2.45) is 10.9 Å². The molecule has 1 atom stereocenters. The lowest BCUT2D eigenvalue weighted by atomic mass is 10.1. The van der Waals surface area contributed by atoms with Gasteiger partial charge in [-0.05, 0) is 18.9 Å². The highest BCUT2D eigenvalue weighted by atomic mass is 127. The molecule has 2 rings (SSSR count). The van der Waals surface area contributed by atoms with Gasteiger partial charge in [-0.2, -0.15) is 0 Å². The van der Waals surface area contributed by atoms with Gasteiger partial charge in [0, 0.05) is 51.7 Å². The number of likely N-dealkylation sites (N-methyl/N-ethyl adjacent to an activating group) is 1. The number of hydrogen-bond acceptors (Lipinski definition) is 5. The molecule has 26 heavy (non-hydrogen) atoms. The van der Waals surface area contributed by atoms with E-state index in [9.17, 15) is 0 Å². The molecule has 0 aliphatic carbocycles. The fourth-order valence-corrected chi connectivity index (χ4v) is 3.75. The van der Waals surface area contributed by atoms with E-state index in [0.29, 0.717) is 11.8 Å². The molecule has 1 aliphatic rings. The minimum atomic E-state index is 0. The first kappa shape index (κ1) is 23.6. The van der Waals surface area contributed by atoms with Crippen LogP contribution < -0.4 is 10.6 Å². The van der Waals surface area contributed by atoms with Crippen molar-refractivity contribution in [2.75, 3.05) is 53.4 Å². The summed E-state index contributed by atoms with van der Waals surface area (Å²) in [5.74, 6) is 1.93. The van der Waals surface area contributed by atoms with Crippen molar-refractivity contribution in [3.8, 4) is 0 Å². The van der Waals surface area contributed by atoms with Crippen LogP contribution in [0.4, 0.5) is 0 Å². The topological polar surface area (TPSA) is 55.8 Å². The molecule has 8 heteroatoms. The smallest absolute Gasteiger partial charge is 0.191 e. The third-order valence-electron chi connectivity index (χ3n) is 4.58. The van der Waals surface area contributed by atoms with Crippen LogP contribution in [0.2, 0.25) is 0 Å². The Morgan fingerprint density at radius 3 is 2.50 bits per heavy atom. The number of hydrogen-bond donors (Lipinski definition) is 2. The van der Waals surface area contributed by atoms with Crippen LogP contribution in [0.25, 0.3) is 0 Å². The largest absolute Gasteiger partial charge is 0.356 e. The van der Waals surface area contributed by atoms with Crippen molar-refractivity contribution in [3.05, 3.63) is 16.1 Å². The Kier molecular flexibility index (Phi) is 11.0. The Balaban J connectivity index is 0.00000338. The van der Waals surface area contributed by atoms with Crippen molar-refractivity contribution in [1.29, 1.82) is 0 Å². The number of aromatic nitrogens is 1. The van der Waals surface area contributed by atoms with E-state index in [4.69, 9.17) is 0 Å². The van der Waals surface area contributed by atoms with Crippen LogP contribution in [0.1, 0.15) is 37.4 Å². The molecule has 0 amide bonds. The summed E-state index contributed by atoms with van der Waals surface area (Å²) in [6.45, 7) is 14.2. The van der Waals surface area contributed by atoms with Gasteiger partial charge in [0.05, 0.1) is 12.2 Å². The van der Waals surface area contributed by atoms with Crippen LogP contribution in [0, 0.1) is 5.92 Å². The third kappa shape index (κ3) is 8.06. The minimum absolute atomic E-state index is 0. The van der Waals surface area contributed by atoms with Crippen LogP contribution in [-0.4, -0.2) is 74.1 Å². The second-order valence-electron chi connectivity index (χ2n) is 7.34. The second-order valence-corrected chi connectivity index (χ2v) is 8.28. The maximum atomic E-state index is 4.66. The van der Waals surface area contributed by atoms with E-state index in [1.54, 1.807) is 11.3 Å². The van der Waals surface area contributed by atoms with Crippen molar-refractivity contribution >= 4 is 41.3 Å². The Morgan fingerprint density at radius 1 is 1.23 bits per heavy atom. The van der Waals surface area contributed by atoms with Gasteiger partial charge in [0.1, 0.15) is 5.01 Å². The lowest BCUT2D eigenvalue weighted by Crippen LogP contribution is -2.47. The molecule has 1 aliphatic heterocycles. The Hall–Kier alpha value is -0.450. The van der Waals surface area contributed by atoms with Gasteiger partial charge in [-0.1, -0.05) is 20.8 Å². The molecule has 1 fully saturated rings. The highest BCUT2D eigenvalue weighted by Crippen LogP contribution is 2.17. The normalized spacial score (nSPS) is 17.8. The molecule has 1 aromatic heterocycles. The van der Waals surface area contributed by atoms with Gasteiger partial charge < -0.3 is 20.4 Å². The van der Waals surface area contributed by atoms with E-state index in [0.717, 1.165) is 30.6 Å². The summed E-state index contributed by atoms with van der Waals surface area (Å²) >= 11 is 1.71. The predicted octanol–water partition coefficient (Wildman–Crippen LogP) is 2.43. The van der Waals surface area contributed by atoms with Crippen LogP contribution >= 0.6 is 35.3 Å². The van der Waals surface area contributed by atoms with Crippen LogP contribution in [0.15, 0.2) is 10.4 Å². The summed E-state index contributed by atoms with van der Waals surface area (Å²) in [5, 5.41) is 10.1. The van der Waals surface area contributed by atoms with E-state index in [-0.39, 0.29) is 24.0 Å². The predicted molar refractivity (Wildman–Crippen MR) is 123 cm³/mol. The fraction of sp³-hybridized carbons (Fsp3) is 0.778. The number of rotatable bonds is 7. The summed E-state index contributed by atoms with van der Waals surface area (Å²) < 4.78 is 0. The number of guanidine groups is 1. The average Bonchev–Trinajstić information content (AvgIpc) is 3.06. The summed E-state index contributed by atoms with van der Waals surface area (Å²) in [7, 11) is 4.02. The van der Waals surface area contributed by atoms with Crippen molar-refractivity contribution in [2.45, 2.75) is 33.2 Å². The highest BCUT2D eigenvalue weighted by molar-refractivity contribution is 14.0. The van der Waals surface area contributed by atoms with Gasteiger partial charge >= 0.3 is 0 Å². The van der Waals surface area contributed by atoms with E-state index in [1.165, 1.54) is 31.9 Å². The molecule has 1 saturated heterocycles. The lowest BCUT2D eigenvalue weighted by molar-refractivity contribution is 0.139. The molecular formula is C18H35IN6S. The van der Waals surface area contributed by atoms with Crippen LogP contribution in [-0.2, 0) is 6.54 Å². The lowest BCUT2D eigenvalue weighted by Gasteiger charge is -2.34. The summed E-state index contributed by atoms with van der Waals surface area (Å²) in [6.07, 6.45) is 0. The van der Waals surface area contributed by atoms with E-state index in [1.807, 2.05) is 7.05 Å². The Bertz CT molecular complexity index is 540. The molecule has 0 radical (unpaired) electrons. The number of nitrogens with one attached hydrogen (secondary N) is 2. The first-order chi connectivity index (χ1) is 12.0. The molecule has 6 nitrogen and oxygen atoms in total. The Morgan fingerprint density at radius 2 is 1.92 bits per heavy atom. The summed E-state index contributed by atoms with van der Waals surface area (Å²) in [6, 6.07) is 0. The molecule has 1 aromatic rings. The van der Waals surface area contributed by atoms with Crippen molar-refractivity contribution in [1.82, 2.24) is 25.4 Å². The zero-order valence-electron chi connectivity index (χ0n) is 16.8. The molecule has 0 aromatic carbocycles. The minimum Gasteiger partial charge on any atom is -0.356 e. The number of thiazole rings is 1. The van der Waals surface area contributed by atoms with E-state index >= 15 is 0 Å². The van der Waals surface area contributed by atoms with E-state index < -0.39 is 0 Å². The first-order valence-electron chi connectivity index (χ1n) is 9.27. The molecule has 0 spiro atoms. The molecule has 150 valence electrons. The average molecular weight is 494 g/mol. The highest BCUT2D eigenvalue weighted by Gasteiger charge is 2.16. The van der Waals surface area contributed by atoms with Gasteiger partial charge in [0.2, 0.25) is 0 Å². The monoisotopic (exact) mass is 494 g/mol. The van der Waals surface area contributed by atoms with Crippen molar-refractivity contribution in [3.63, 3.8) is 0 Å². The number of aliphatic imine (C=N–C) groups is 1. The van der Waals surface area contributed by atoms with Gasteiger partial charge in [0.15, 0.2) is 5.96 Å². The standard InChI is InChI=1S/C18H34N6S.HI/c1-14(2)16-13-25-17(22-16)11-21-18(19-4)20-10-15(3)12-24-8-6-23(5)7-9-24;/h13-15H,6-12H2,1-5H3,(H2,19,20,21);1H. The first-order valence-corrected chi connectivity index (χ1v) is 10.2. The molecule has 0 bridgehead atoms. The van der Waals surface area contributed by atoms with Crippen LogP contribution in [0.3, 0.4) is 0 Å². The quantitative estimate of drug-likeness (QED) is 0.347. The molecular weight excluding hydrogens is 459 g/mol. The number of halogens is 1. The van der Waals surface area contributed by atoms with Gasteiger partial charge in [-0.25, -0.2) is 4.98 Å². The maximum Gasteiger partial charge on any atom is 0.191 e. The number of nitrogens with zero attached hydrogens (tertiary/aromatic N) is 4. The van der Waals surface area contributed by atoms with Gasteiger partial charge in [-0.15, -0.1) is 35.3 Å². The molecule has 1 unspecified atom stereocenters. The molecule has 0 saturated carbocycles. The van der Waals surface area contributed by atoms with Gasteiger partial charge in [0.25, 0.3) is 0 Å². The zero-order valence-corrected chi connectivity index (χ0v) is 19.9. The second kappa shape index (κ2) is 12.1. The van der Waals surface area contributed by atoms with Crippen molar-refractivity contribution < 1.29 is 0 Å².